The van der Waals surface area contributed by atoms with Gasteiger partial charge in [0.05, 0.1) is 0 Å². The van der Waals surface area contributed by atoms with Crippen LogP contribution in [-0.4, -0.2) is 89.2 Å². The second-order valence-corrected chi connectivity index (χ2v) is 6.63. The molecule has 0 bridgehead atoms. The molecule has 7 heteroatoms. The molecule has 0 saturated carbocycles. The number of likely N-dealkylation sites (N-methyl/N-ethyl adjacent to an activating group) is 1. The van der Waals surface area contributed by atoms with Gasteiger partial charge in [0.2, 0.25) is 0 Å². The Hall–Kier alpha value is -0.340. The normalized spacial score (nSPS) is 40.0. The molecule has 6 nitrogen and oxygen atoms in total. The van der Waals surface area contributed by atoms with Crippen molar-refractivity contribution in [2.45, 2.75) is 42.8 Å². The first-order valence-corrected chi connectivity index (χ1v) is 7.30. The Morgan fingerprint density at radius 2 is 1.84 bits per heavy atom. The highest BCUT2D eigenvalue weighted by Crippen LogP contribution is 2.38. The molecule has 2 N–H and O–H groups in total. The average Bonchev–Trinajstić information content (AvgIpc) is 2.77. The number of fused-ring (bicyclic) bond motifs is 1. The molecule has 19 heavy (non-hydrogen) atoms. The number of ether oxygens (including phenoxy) is 1. The van der Waals surface area contributed by atoms with Crippen molar-refractivity contribution in [3.63, 3.8) is 0 Å². The fourth-order valence-electron chi connectivity index (χ4n) is 2.28. The van der Waals surface area contributed by atoms with Gasteiger partial charge in [-0.2, -0.15) is 0 Å². The monoisotopic (exact) mass is 289 g/mol. The lowest BCUT2D eigenvalue weighted by atomic mass is 9.94. The lowest BCUT2D eigenvalue weighted by Crippen LogP contribution is -2.59. The highest BCUT2D eigenvalue weighted by atomic mass is 32.2. The summed E-state index contributed by atoms with van der Waals surface area (Å²) in [7, 11) is 7.68. The summed E-state index contributed by atoms with van der Waals surface area (Å²) < 4.78 is 5.97. The van der Waals surface area contributed by atoms with E-state index < -0.39 is 18.3 Å². The molecule has 6 atom stereocenters. The summed E-state index contributed by atoms with van der Waals surface area (Å²) in [5, 5.41) is 21.3. The second-order valence-electron chi connectivity index (χ2n) is 5.57. The predicted octanol–water partition coefficient (Wildman–Crippen LogP) is -0.584. The maximum Gasteiger partial charge on any atom is 0.161 e. The zero-order chi connectivity index (χ0) is 14.3. The predicted molar refractivity (Wildman–Crippen MR) is 76.3 cm³/mol. The van der Waals surface area contributed by atoms with Crippen molar-refractivity contribution >= 4 is 16.9 Å². The van der Waals surface area contributed by atoms with E-state index in [4.69, 9.17) is 4.74 Å². The highest BCUT2D eigenvalue weighted by Gasteiger charge is 2.50. The minimum atomic E-state index is -0.912. The quantitative estimate of drug-likeness (QED) is 0.709. The molecule has 0 aromatic carbocycles. The molecule has 110 valence electrons. The van der Waals surface area contributed by atoms with E-state index in [1.807, 2.05) is 44.9 Å². The van der Waals surface area contributed by atoms with Gasteiger partial charge in [-0.1, -0.05) is 11.8 Å². The molecule has 2 aliphatic rings. The van der Waals surface area contributed by atoms with Crippen molar-refractivity contribution < 1.29 is 14.9 Å². The molecule has 2 aliphatic heterocycles. The van der Waals surface area contributed by atoms with E-state index in [1.165, 1.54) is 11.8 Å². The van der Waals surface area contributed by atoms with Gasteiger partial charge in [-0.25, -0.2) is 0 Å². The van der Waals surface area contributed by atoms with Crippen molar-refractivity contribution in [3.05, 3.63) is 0 Å². The fourth-order valence-corrected chi connectivity index (χ4v) is 3.43. The average molecular weight is 289 g/mol. The number of nitrogens with zero attached hydrogens (tertiary/aromatic N) is 3. The summed E-state index contributed by atoms with van der Waals surface area (Å²) >= 11 is 1.51. The van der Waals surface area contributed by atoms with Crippen LogP contribution in [0.4, 0.5) is 0 Å². The van der Waals surface area contributed by atoms with E-state index in [0.29, 0.717) is 0 Å². The topological polar surface area (TPSA) is 68.5 Å². The van der Waals surface area contributed by atoms with Crippen molar-refractivity contribution in [1.29, 1.82) is 0 Å². The minimum Gasteiger partial charge on any atom is -0.388 e. The summed E-state index contributed by atoms with van der Waals surface area (Å²) in [4.78, 5) is 8.32. The van der Waals surface area contributed by atoms with Crippen LogP contribution in [0.5, 0.6) is 0 Å². The number of amidine groups is 1. The molecular formula is C12H23N3O3S. The van der Waals surface area contributed by atoms with Gasteiger partial charge >= 0.3 is 0 Å². The number of rotatable bonds is 2. The van der Waals surface area contributed by atoms with Crippen molar-refractivity contribution in [3.8, 4) is 0 Å². The fraction of sp³-hybridized carbons (Fsp3) is 0.917. The van der Waals surface area contributed by atoms with Gasteiger partial charge in [0.15, 0.2) is 5.17 Å². The smallest absolute Gasteiger partial charge is 0.161 e. The Kier molecular flexibility index (Phi) is 4.42. The maximum atomic E-state index is 10.3. The van der Waals surface area contributed by atoms with E-state index in [2.05, 4.69) is 4.99 Å². The van der Waals surface area contributed by atoms with Crippen LogP contribution in [0.25, 0.3) is 0 Å². The van der Waals surface area contributed by atoms with Crippen LogP contribution in [0.2, 0.25) is 0 Å². The van der Waals surface area contributed by atoms with Crippen LogP contribution >= 0.6 is 11.8 Å². The van der Waals surface area contributed by atoms with Gasteiger partial charge in [0.1, 0.15) is 29.8 Å². The lowest BCUT2D eigenvalue weighted by molar-refractivity contribution is -0.169. The Balaban J connectivity index is 2.14. The molecule has 1 fully saturated rings. The van der Waals surface area contributed by atoms with Crippen molar-refractivity contribution in [2.24, 2.45) is 4.99 Å². The number of aliphatic hydroxyl groups is 2. The van der Waals surface area contributed by atoms with Gasteiger partial charge in [-0.3, -0.25) is 4.99 Å². The Morgan fingerprint density at radius 3 is 2.37 bits per heavy atom. The molecule has 0 amide bonds. The highest BCUT2D eigenvalue weighted by molar-refractivity contribution is 8.14. The number of hydrogen-bond donors (Lipinski definition) is 2. The van der Waals surface area contributed by atoms with Crippen LogP contribution in [0.15, 0.2) is 4.99 Å². The summed E-state index contributed by atoms with van der Waals surface area (Å²) in [5.41, 5.74) is -0.219. The zero-order valence-corrected chi connectivity index (χ0v) is 12.8. The number of aliphatic hydroxyl groups excluding tert-OH is 2. The van der Waals surface area contributed by atoms with E-state index in [0.717, 1.165) is 5.17 Å². The molecule has 0 aromatic rings. The van der Waals surface area contributed by atoms with E-state index >= 15 is 0 Å². The third kappa shape index (κ3) is 2.75. The van der Waals surface area contributed by atoms with Crippen molar-refractivity contribution in [1.82, 2.24) is 9.80 Å². The molecule has 2 rings (SSSR count). The molecular weight excluding hydrogens is 266 g/mol. The number of hydrogen-bond acceptors (Lipinski definition) is 7. The van der Waals surface area contributed by atoms with Gasteiger partial charge in [0.25, 0.3) is 0 Å². The molecule has 0 aromatic heterocycles. The Bertz CT molecular complexity index is 364. The van der Waals surface area contributed by atoms with E-state index in [9.17, 15) is 10.2 Å². The molecule has 0 radical (unpaired) electrons. The minimum absolute atomic E-state index is 0.0228. The van der Waals surface area contributed by atoms with Crippen LogP contribution in [0.1, 0.15) is 6.92 Å². The van der Waals surface area contributed by atoms with Crippen LogP contribution in [-0.2, 0) is 4.74 Å². The third-order valence-corrected chi connectivity index (χ3v) is 5.06. The van der Waals surface area contributed by atoms with Crippen molar-refractivity contribution in [2.75, 3.05) is 28.2 Å². The lowest BCUT2D eigenvalue weighted by Gasteiger charge is -2.42. The SMILES string of the molecule is C[C@@H]([C@H]1O[C@@H]2SC(N(C)C)=N[C@@H]2[C@@H](O)[C@@H]1O)N(C)C. The van der Waals surface area contributed by atoms with Gasteiger partial charge in [-0.05, 0) is 21.0 Å². The molecule has 0 spiro atoms. The summed E-state index contributed by atoms with van der Waals surface area (Å²) in [6.07, 6.45) is -2.20. The Morgan fingerprint density at radius 1 is 1.21 bits per heavy atom. The van der Waals surface area contributed by atoms with Gasteiger partial charge in [0, 0.05) is 20.1 Å². The summed E-state index contributed by atoms with van der Waals surface area (Å²) in [6.45, 7) is 1.98. The molecule has 2 heterocycles. The third-order valence-electron chi connectivity index (χ3n) is 3.76. The van der Waals surface area contributed by atoms with Gasteiger partial charge < -0.3 is 24.7 Å². The summed E-state index contributed by atoms with van der Waals surface area (Å²) in [5.74, 6) is 0. The van der Waals surface area contributed by atoms with Crippen LogP contribution in [0.3, 0.4) is 0 Å². The molecule has 1 saturated heterocycles. The first-order chi connectivity index (χ1) is 8.82. The largest absolute Gasteiger partial charge is 0.388 e. The molecule has 0 aliphatic carbocycles. The zero-order valence-electron chi connectivity index (χ0n) is 12.0. The van der Waals surface area contributed by atoms with Gasteiger partial charge in [-0.15, -0.1) is 0 Å². The maximum absolute atomic E-state index is 10.3. The number of aliphatic imine (C=N–C) groups is 1. The Labute approximate surface area is 118 Å². The van der Waals surface area contributed by atoms with E-state index in [-0.39, 0.29) is 17.5 Å². The van der Waals surface area contributed by atoms with Crippen LogP contribution < -0.4 is 0 Å². The first kappa shape index (κ1) is 15.1. The number of thioether (sulfide) groups is 1. The van der Waals surface area contributed by atoms with Crippen LogP contribution in [0, 0.1) is 0 Å². The standard InChI is InChI=1S/C12H23N3O3S/c1-6(14(2)3)10-9(17)8(16)7-11(18-10)19-12(13-7)15(4)5/h6-11,16-17H,1-5H3/t6-,7+,8+,9-,10+,11+/m0/s1. The first-order valence-electron chi connectivity index (χ1n) is 6.42. The second kappa shape index (κ2) is 5.57. The van der Waals surface area contributed by atoms with E-state index in [1.54, 1.807) is 0 Å². The molecule has 0 unspecified atom stereocenters. The summed E-state index contributed by atoms with van der Waals surface area (Å²) in [6, 6.07) is -0.363.